The molecule has 3 aromatic rings. The van der Waals surface area contributed by atoms with E-state index >= 15 is 0 Å². The Balaban J connectivity index is 1.49. The SMILES string of the molecule is CCOC(=O)Nc1ccc2c(CN3CCCN(c4ccc(F)cc4)CC3)cc(=O)oc2c1. The van der Waals surface area contributed by atoms with Crippen LogP contribution in [0.1, 0.15) is 18.9 Å². The lowest BCUT2D eigenvalue weighted by Crippen LogP contribution is -2.30. The maximum absolute atomic E-state index is 13.2. The van der Waals surface area contributed by atoms with Gasteiger partial charge in [0.1, 0.15) is 11.4 Å². The Bertz CT molecular complexity index is 1150. The number of carbonyl (C=O) groups excluding carboxylic acids is 1. The highest BCUT2D eigenvalue weighted by atomic mass is 19.1. The molecule has 32 heavy (non-hydrogen) atoms. The third-order valence-electron chi connectivity index (χ3n) is 5.53. The number of benzene rings is 2. The van der Waals surface area contributed by atoms with Gasteiger partial charge >= 0.3 is 11.7 Å². The van der Waals surface area contributed by atoms with Gasteiger partial charge in [-0.15, -0.1) is 0 Å². The maximum atomic E-state index is 13.2. The summed E-state index contributed by atoms with van der Waals surface area (Å²) in [7, 11) is 0. The second-order valence-electron chi connectivity index (χ2n) is 7.74. The van der Waals surface area contributed by atoms with E-state index in [0.29, 0.717) is 17.8 Å². The van der Waals surface area contributed by atoms with Crippen LogP contribution in [-0.4, -0.2) is 43.8 Å². The summed E-state index contributed by atoms with van der Waals surface area (Å²) in [6.07, 6.45) is 0.408. The molecule has 0 atom stereocenters. The van der Waals surface area contributed by atoms with Crippen molar-refractivity contribution in [1.29, 1.82) is 0 Å². The molecule has 1 aliphatic heterocycles. The van der Waals surface area contributed by atoms with Gasteiger partial charge < -0.3 is 14.1 Å². The number of fused-ring (bicyclic) bond motifs is 1. The number of rotatable bonds is 5. The zero-order chi connectivity index (χ0) is 22.5. The first-order valence-electron chi connectivity index (χ1n) is 10.8. The summed E-state index contributed by atoms with van der Waals surface area (Å²) >= 11 is 0. The average Bonchev–Trinajstić information content (AvgIpc) is 3.00. The van der Waals surface area contributed by atoms with E-state index in [1.165, 1.54) is 18.2 Å². The van der Waals surface area contributed by atoms with Gasteiger partial charge in [-0.3, -0.25) is 10.2 Å². The lowest BCUT2D eigenvalue weighted by Gasteiger charge is -2.24. The normalized spacial score (nSPS) is 14.9. The van der Waals surface area contributed by atoms with Crippen molar-refractivity contribution in [2.75, 3.05) is 43.0 Å². The van der Waals surface area contributed by atoms with Gasteiger partial charge in [0.2, 0.25) is 0 Å². The Hall–Kier alpha value is -3.39. The minimum absolute atomic E-state index is 0.236. The second-order valence-corrected chi connectivity index (χ2v) is 7.74. The fourth-order valence-corrected chi connectivity index (χ4v) is 4.00. The summed E-state index contributed by atoms with van der Waals surface area (Å²) < 4.78 is 23.5. The fourth-order valence-electron chi connectivity index (χ4n) is 4.00. The molecule has 0 spiro atoms. The smallest absolute Gasteiger partial charge is 0.411 e. The summed E-state index contributed by atoms with van der Waals surface area (Å²) in [5.41, 5.74) is 2.39. The number of halogens is 1. The van der Waals surface area contributed by atoms with Gasteiger partial charge in [-0.25, -0.2) is 14.0 Å². The molecule has 4 rings (SSSR count). The lowest BCUT2D eigenvalue weighted by molar-refractivity contribution is 0.168. The summed E-state index contributed by atoms with van der Waals surface area (Å²) in [4.78, 5) is 28.4. The first-order valence-corrected chi connectivity index (χ1v) is 10.8. The Labute approximate surface area is 185 Å². The highest BCUT2D eigenvalue weighted by molar-refractivity contribution is 5.89. The highest BCUT2D eigenvalue weighted by Crippen LogP contribution is 2.24. The van der Waals surface area contributed by atoms with Crippen molar-refractivity contribution >= 4 is 28.4 Å². The van der Waals surface area contributed by atoms with E-state index in [-0.39, 0.29) is 12.4 Å². The van der Waals surface area contributed by atoms with Crippen LogP contribution in [0.4, 0.5) is 20.6 Å². The molecular weight excluding hydrogens is 413 g/mol. The molecule has 7 nitrogen and oxygen atoms in total. The van der Waals surface area contributed by atoms with Crippen LogP contribution in [0, 0.1) is 5.82 Å². The van der Waals surface area contributed by atoms with Crippen LogP contribution < -0.4 is 15.8 Å². The van der Waals surface area contributed by atoms with Crippen LogP contribution in [0.25, 0.3) is 11.0 Å². The minimum Gasteiger partial charge on any atom is -0.450 e. The first-order chi connectivity index (χ1) is 15.5. The topological polar surface area (TPSA) is 75.0 Å². The molecule has 1 aliphatic rings. The van der Waals surface area contributed by atoms with Gasteiger partial charge in [0, 0.05) is 61.6 Å². The molecule has 8 heteroatoms. The van der Waals surface area contributed by atoms with E-state index in [1.54, 1.807) is 19.1 Å². The van der Waals surface area contributed by atoms with Gasteiger partial charge in [-0.1, -0.05) is 0 Å². The van der Waals surface area contributed by atoms with Gasteiger partial charge in [0.05, 0.1) is 6.61 Å². The second kappa shape index (κ2) is 9.82. The van der Waals surface area contributed by atoms with Crippen LogP contribution in [0.2, 0.25) is 0 Å². The Morgan fingerprint density at radius 3 is 2.69 bits per heavy atom. The first kappa shape index (κ1) is 21.8. The monoisotopic (exact) mass is 439 g/mol. The molecule has 0 radical (unpaired) electrons. The average molecular weight is 439 g/mol. The van der Waals surface area contributed by atoms with E-state index in [9.17, 15) is 14.0 Å². The van der Waals surface area contributed by atoms with Crippen molar-refractivity contribution < 1.29 is 18.3 Å². The van der Waals surface area contributed by atoms with Crippen LogP contribution in [0.3, 0.4) is 0 Å². The third kappa shape index (κ3) is 5.26. The van der Waals surface area contributed by atoms with Gasteiger partial charge in [-0.05, 0) is 55.3 Å². The van der Waals surface area contributed by atoms with Crippen LogP contribution in [-0.2, 0) is 11.3 Å². The van der Waals surface area contributed by atoms with E-state index in [4.69, 9.17) is 9.15 Å². The largest absolute Gasteiger partial charge is 0.450 e. The predicted octanol–water partition coefficient (Wildman–Crippen LogP) is 4.21. The number of ether oxygens (including phenoxy) is 1. The lowest BCUT2D eigenvalue weighted by atomic mass is 10.1. The molecule has 0 bridgehead atoms. The van der Waals surface area contributed by atoms with Crippen molar-refractivity contribution in [2.24, 2.45) is 0 Å². The standard InChI is InChI=1S/C24H26FN3O4/c1-2-31-24(30)26-19-6-9-21-17(14-23(29)32-22(21)15-19)16-27-10-3-11-28(13-12-27)20-7-4-18(25)5-8-20/h4-9,14-15H,2-3,10-13,16H2,1H3,(H,26,30). The van der Waals surface area contributed by atoms with Gasteiger partial charge in [0.15, 0.2) is 0 Å². The maximum Gasteiger partial charge on any atom is 0.411 e. The summed E-state index contributed by atoms with van der Waals surface area (Å²) in [6, 6.07) is 13.4. The van der Waals surface area contributed by atoms with E-state index in [1.807, 2.05) is 18.2 Å². The van der Waals surface area contributed by atoms with Crippen molar-refractivity contribution in [1.82, 2.24) is 4.90 Å². The Morgan fingerprint density at radius 2 is 1.91 bits per heavy atom. The molecule has 0 unspecified atom stereocenters. The summed E-state index contributed by atoms with van der Waals surface area (Å²) in [5.74, 6) is -0.236. The number of anilines is 2. The van der Waals surface area contributed by atoms with Crippen molar-refractivity contribution in [3.8, 4) is 0 Å². The quantitative estimate of drug-likeness (QED) is 0.600. The Kier molecular flexibility index (Phi) is 6.70. The predicted molar refractivity (Wildman–Crippen MR) is 122 cm³/mol. The molecule has 0 aliphatic carbocycles. The number of amides is 1. The number of carbonyl (C=O) groups is 1. The van der Waals surface area contributed by atoms with Gasteiger partial charge in [0.25, 0.3) is 0 Å². The number of nitrogens with one attached hydrogen (secondary N) is 1. The molecular formula is C24H26FN3O4. The molecule has 2 aromatic carbocycles. The number of hydrogen-bond acceptors (Lipinski definition) is 6. The van der Waals surface area contributed by atoms with Crippen LogP contribution in [0.5, 0.6) is 0 Å². The highest BCUT2D eigenvalue weighted by Gasteiger charge is 2.17. The van der Waals surface area contributed by atoms with E-state index in [0.717, 1.165) is 49.2 Å². The molecule has 1 N–H and O–H groups in total. The molecule has 1 aromatic heterocycles. The molecule has 1 saturated heterocycles. The minimum atomic E-state index is -0.555. The van der Waals surface area contributed by atoms with Crippen LogP contribution in [0.15, 0.2) is 57.7 Å². The fraction of sp³-hybridized carbons (Fsp3) is 0.333. The van der Waals surface area contributed by atoms with Crippen molar-refractivity contribution in [3.05, 3.63) is 70.3 Å². The molecule has 1 fully saturated rings. The molecule has 0 saturated carbocycles. The number of nitrogens with zero attached hydrogens (tertiary/aromatic N) is 2. The zero-order valence-electron chi connectivity index (χ0n) is 18.0. The van der Waals surface area contributed by atoms with Crippen molar-refractivity contribution in [2.45, 2.75) is 19.9 Å². The number of hydrogen-bond donors (Lipinski definition) is 1. The van der Waals surface area contributed by atoms with Gasteiger partial charge in [-0.2, -0.15) is 0 Å². The molecule has 168 valence electrons. The zero-order valence-corrected chi connectivity index (χ0v) is 18.0. The van der Waals surface area contributed by atoms with E-state index < -0.39 is 11.7 Å². The summed E-state index contributed by atoms with van der Waals surface area (Å²) in [5, 5.41) is 3.46. The molecule has 1 amide bonds. The Morgan fingerprint density at radius 1 is 1.09 bits per heavy atom. The molecule has 2 heterocycles. The summed E-state index contributed by atoms with van der Waals surface area (Å²) in [6.45, 7) is 6.04. The van der Waals surface area contributed by atoms with Crippen LogP contribution >= 0.6 is 0 Å². The van der Waals surface area contributed by atoms with Crippen molar-refractivity contribution in [3.63, 3.8) is 0 Å². The van der Waals surface area contributed by atoms with E-state index in [2.05, 4.69) is 15.1 Å². The third-order valence-corrected chi connectivity index (χ3v) is 5.53.